The zero-order chi connectivity index (χ0) is 46.0. The highest BCUT2D eigenvalue weighted by Gasteiger charge is 2.45. The van der Waals surface area contributed by atoms with Crippen LogP contribution in [0.25, 0.3) is 20.8 Å². The molecule has 21 heteroatoms. The number of carbonyl (C=O) groups excluding carboxylic acids is 6. The van der Waals surface area contributed by atoms with Crippen LogP contribution in [0, 0.1) is 5.82 Å². The molecule has 7 heterocycles. The predicted octanol–water partition coefficient (Wildman–Crippen LogP) is 5.27. The summed E-state index contributed by atoms with van der Waals surface area (Å²) in [6, 6.07) is 9.14. The Bertz CT molecular complexity index is 2880. The average molecular weight is 926 g/mol. The number of rotatable bonds is 10. The molecule has 3 N–H and O–H groups in total. The summed E-state index contributed by atoms with van der Waals surface area (Å²) in [6.45, 7) is 4.31. The average Bonchev–Trinajstić information content (AvgIpc) is 3.99. The molecule has 2 fully saturated rings. The predicted molar refractivity (Wildman–Crippen MR) is 233 cm³/mol. The van der Waals surface area contributed by atoms with E-state index in [-0.39, 0.29) is 82.8 Å². The van der Waals surface area contributed by atoms with Crippen LogP contribution in [-0.4, -0.2) is 112 Å². The van der Waals surface area contributed by atoms with Crippen LogP contribution < -0.4 is 25.6 Å². The van der Waals surface area contributed by atoms with E-state index in [1.54, 1.807) is 11.0 Å². The molecule has 66 heavy (non-hydrogen) atoms. The highest BCUT2D eigenvalue weighted by Crippen LogP contribution is 2.47. The van der Waals surface area contributed by atoms with Gasteiger partial charge in [-0.05, 0) is 61.7 Å². The summed E-state index contributed by atoms with van der Waals surface area (Å²) >= 11 is 1.00. The molecule has 342 valence electrons. The standard InChI is InChI=1S/C45H42F3N9O8S/c1-22(58)54-13-8-31-30(21-54)40(53-57(31)24-9-15-64-16-10-24)55-14-17-65-34-20-28(27(39(47)48)19-33(34)55)43-52-38-35(66-43)6-4-26(37(38)46)41(60)50-12-11-49-23-2-3-25-29(18-23)45(63)56(44(25)62)32-5-7-36(59)51-42(32)61/h2-4,6,18-20,24,32,39,49H,5,7-17,21H2,1H3,(H,50,60)(H,51,59,61). The van der Waals surface area contributed by atoms with Crippen LogP contribution in [0.15, 0.2) is 42.5 Å². The molecule has 1 unspecified atom stereocenters. The lowest BCUT2D eigenvalue weighted by molar-refractivity contribution is -0.136. The van der Waals surface area contributed by atoms with Gasteiger partial charge in [0.1, 0.15) is 28.9 Å². The minimum atomic E-state index is -2.95. The first-order valence-corrected chi connectivity index (χ1v) is 22.4. The Morgan fingerprint density at radius 3 is 2.52 bits per heavy atom. The molecule has 3 aromatic carbocycles. The largest absolute Gasteiger partial charge is 0.490 e. The van der Waals surface area contributed by atoms with Crippen LogP contribution in [0.2, 0.25) is 0 Å². The monoisotopic (exact) mass is 925 g/mol. The van der Waals surface area contributed by atoms with Crippen molar-refractivity contribution in [1.29, 1.82) is 0 Å². The van der Waals surface area contributed by atoms with Gasteiger partial charge in [0.25, 0.3) is 24.1 Å². The molecular formula is C45H42F3N9O8S. The highest BCUT2D eigenvalue weighted by atomic mass is 32.1. The molecule has 5 aromatic rings. The van der Waals surface area contributed by atoms with Crippen LogP contribution in [0.4, 0.5) is 30.4 Å². The Hall–Kier alpha value is -6.87. The number of carbonyl (C=O) groups is 6. The van der Waals surface area contributed by atoms with E-state index in [0.29, 0.717) is 66.9 Å². The fourth-order valence-corrected chi connectivity index (χ4v) is 10.3. The van der Waals surface area contributed by atoms with Gasteiger partial charge in [-0.3, -0.25) is 43.7 Å². The summed E-state index contributed by atoms with van der Waals surface area (Å²) in [6.07, 6.45) is -0.764. The van der Waals surface area contributed by atoms with Crippen LogP contribution in [0.1, 0.15) is 93.0 Å². The minimum Gasteiger partial charge on any atom is -0.490 e. The molecule has 5 aliphatic rings. The van der Waals surface area contributed by atoms with Gasteiger partial charge >= 0.3 is 0 Å². The Morgan fingerprint density at radius 2 is 1.74 bits per heavy atom. The van der Waals surface area contributed by atoms with Crippen molar-refractivity contribution in [1.82, 2.24) is 35.2 Å². The summed E-state index contributed by atoms with van der Waals surface area (Å²) in [5.74, 6) is -3.33. The topological polar surface area (TPSA) is 197 Å². The molecule has 0 spiro atoms. The second-order valence-electron chi connectivity index (χ2n) is 16.6. The number of alkyl halides is 2. The number of benzene rings is 3. The smallest absolute Gasteiger partial charge is 0.264 e. The van der Waals surface area contributed by atoms with E-state index in [4.69, 9.17) is 14.6 Å². The number of ether oxygens (including phenoxy) is 2. The summed E-state index contributed by atoms with van der Waals surface area (Å²) < 4.78 is 60.3. The van der Waals surface area contributed by atoms with Crippen LogP contribution in [0.3, 0.4) is 0 Å². The Morgan fingerprint density at radius 1 is 0.939 bits per heavy atom. The van der Waals surface area contributed by atoms with Gasteiger partial charge in [0, 0.05) is 80.7 Å². The third-order valence-electron chi connectivity index (χ3n) is 12.7. The maximum absolute atomic E-state index is 16.1. The Kier molecular flexibility index (Phi) is 11.2. The summed E-state index contributed by atoms with van der Waals surface area (Å²) in [5.41, 5.74) is 2.16. The number of anilines is 3. The summed E-state index contributed by atoms with van der Waals surface area (Å²) in [5, 5.41) is 13.1. The van der Waals surface area contributed by atoms with Gasteiger partial charge in [0.05, 0.1) is 46.2 Å². The molecule has 5 aliphatic heterocycles. The van der Waals surface area contributed by atoms with Crippen molar-refractivity contribution in [3.05, 3.63) is 81.8 Å². The van der Waals surface area contributed by atoms with Crippen molar-refractivity contribution in [3.63, 3.8) is 0 Å². The van der Waals surface area contributed by atoms with E-state index in [2.05, 4.69) is 20.9 Å². The molecule has 10 rings (SSSR count). The van der Waals surface area contributed by atoms with Gasteiger partial charge in [-0.1, -0.05) is 0 Å². The van der Waals surface area contributed by atoms with Gasteiger partial charge < -0.3 is 29.9 Å². The van der Waals surface area contributed by atoms with Gasteiger partial charge in [-0.25, -0.2) is 18.2 Å². The number of fused-ring (bicyclic) bond motifs is 4. The number of nitrogens with one attached hydrogen (secondary N) is 3. The number of halogens is 3. The van der Waals surface area contributed by atoms with E-state index in [1.807, 2.05) is 9.58 Å². The number of nitrogens with zero attached hydrogens (tertiary/aromatic N) is 6. The molecule has 17 nitrogen and oxygen atoms in total. The highest BCUT2D eigenvalue weighted by molar-refractivity contribution is 7.21. The van der Waals surface area contributed by atoms with Crippen molar-refractivity contribution in [2.24, 2.45) is 0 Å². The zero-order valence-corrected chi connectivity index (χ0v) is 36.3. The molecule has 2 saturated heterocycles. The van der Waals surface area contributed by atoms with Crippen LogP contribution >= 0.6 is 11.3 Å². The zero-order valence-electron chi connectivity index (χ0n) is 35.5. The molecule has 0 radical (unpaired) electrons. The van der Waals surface area contributed by atoms with Gasteiger partial charge in [-0.2, -0.15) is 5.10 Å². The number of thiazole rings is 1. The first-order valence-electron chi connectivity index (χ1n) is 21.6. The fraction of sp³-hybridized carbons (Fsp3) is 0.378. The first kappa shape index (κ1) is 43.0. The van der Waals surface area contributed by atoms with E-state index >= 15 is 13.2 Å². The minimum absolute atomic E-state index is 0.00298. The second kappa shape index (κ2) is 17.2. The van der Waals surface area contributed by atoms with Gasteiger partial charge in [0.2, 0.25) is 17.7 Å². The summed E-state index contributed by atoms with van der Waals surface area (Å²) in [4.78, 5) is 84.9. The Labute approximate surface area is 378 Å². The van der Waals surface area contributed by atoms with Crippen molar-refractivity contribution in [3.8, 4) is 16.3 Å². The number of hydrogen-bond acceptors (Lipinski definition) is 13. The van der Waals surface area contributed by atoms with E-state index in [9.17, 15) is 28.8 Å². The number of aromatic nitrogens is 3. The van der Waals surface area contributed by atoms with Crippen LogP contribution in [0.5, 0.6) is 5.75 Å². The van der Waals surface area contributed by atoms with Gasteiger partial charge in [0.15, 0.2) is 11.6 Å². The van der Waals surface area contributed by atoms with Crippen LogP contribution in [-0.2, 0) is 32.1 Å². The number of amides is 6. The number of hydrogen-bond donors (Lipinski definition) is 3. The molecule has 6 amide bonds. The lowest BCUT2D eigenvalue weighted by Crippen LogP contribution is -2.54. The van der Waals surface area contributed by atoms with E-state index in [0.717, 1.165) is 40.3 Å². The maximum Gasteiger partial charge on any atom is 0.264 e. The first-order chi connectivity index (χ1) is 31.9. The number of imide groups is 2. The summed E-state index contributed by atoms with van der Waals surface area (Å²) in [7, 11) is 0. The molecule has 0 bridgehead atoms. The molecule has 0 aliphatic carbocycles. The SMILES string of the molecule is CC(=O)N1CCc2c(c(N3CCOc4cc(-c5nc6c(F)c(C(=O)NCCNc7ccc8c(c7)C(=O)N(C7CCC(=O)NC7=O)C8=O)ccc6s5)c(C(F)F)cc43)nn2C2CCOCC2)C1. The molecule has 1 atom stereocenters. The van der Waals surface area contributed by atoms with E-state index in [1.165, 1.54) is 43.3 Å². The lowest BCUT2D eigenvalue weighted by atomic mass is 10.0. The van der Waals surface area contributed by atoms with Crippen molar-refractivity contribution < 1.29 is 51.4 Å². The normalized spacial score (nSPS) is 18.6. The van der Waals surface area contributed by atoms with Crippen molar-refractivity contribution >= 4 is 74.2 Å². The van der Waals surface area contributed by atoms with Crippen molar-refractivity contribution in [2.75, 3.05) is 56.2 Å². The fourth-order valence-electron chi connectivity index (χ4n) is 9.32. The third kappa shape index (κ3) is 7.58. The molecule has 0 saturated carbocycles. The second-order valence-corrected chi connectivity index (χ2v) is 17.6. The molecular weight excluding hydrogens is 884 g/mol. The van der Waals surface area contributed by atoms with E-state index < -0.39 is 47.8 Å². The Balaban J connectivity index is 0.854. The third-order valence-corrected chi connectivity index (χ3v) is 13.7. The lowest BCUT2D eigenvalue weighted by Gasteiger charge is -2.33. The van der Waals surface area contributed by atoms with Crippen molar-refractivity contribution in [2.45, 2.75) is 64.1 Å². The molecule has 2 aromatic heterocycles. The maximum atomic E-state index is 16.1. The quantitative estimate of drug-likeness (QED) is 0.122. The number of piperidine rings is 1. The van der Waals surface area contributed by atoms with Gasteiger partial charge in [-0.15, -0.1) is 11.3 Å².